The molecule has 0 radical (unpaired) electrons. The number of carbonyl (C=O) groups excluding carboxylic acids is 1. The summed E-state index contributed by atoms with van der Waals surface area (Å²) < 4.78 is 0. The molecule has 4 heteroatoms. The molecule has 1 amide bonds. The molecule has 0 aromatic carbocycles. The zero-order valence-corrected chi connectivity index (χ0v) is 9.09. The number of aliphatic hydroxyl groups is 1. The molecule has 15 heavy (non-hydrogen) atoms. The summed E-state index contributed by atoms with van der Waals surface area (Å²) in [6, 6.07) is -0.0333. The van der Waals surface area contributed by atoms with Crippen molar-refractivity contribution in [1.82, 2.24) is 10.6 Å². The van der Waals surface area contributed by atoms with E-state index in [0.29, 0.717) is 0 Å². The first-order valence-corrected chi connectivity index (χ1v) is 5.92. The van der Waals surface area contributed by atoms with Crippen molar-refractivity contribution in [2.24, 2.45) is 0 Å². The Kier molecular flexibility index (Phi) is 3.26. The summed E-state index contributed by atoms with van der Waals surface area (Å²) in [4.78, 5) is 11.9. The average molecular weight is 212 g/mol. The maximum atomic E-state index is 11.9. The summed E-state index contributed by atoms with van der Waals surface area (Å²) in [6.07, 6.45) is 6.05. The van der Waals surface area contributed by atoms with Gasteiger partial charge in [-0.2, -0.15) is 0 Å². The first kappa shape index (κ1) is 10.9. The molecular formula is C11H20N2O2. The van der Waals surface area contributed by atoms with Gasteiger partial charge in [0.15, 0.2) is 0 Å². The molecule has 2 aliphatic rings. The molecule has 1 heterocycles. The van der Waals surface area contributed by atoms with Gasteiger partial charge in [0.05, 0.1) is 18.2 Å². The zero-order valence-electron chi connectivity index (χ0n) is 9.09. The lowest BCUT2D eigenvalue weighted by atomic mass is 9.98. The lowest BCUT2D eigenvalue weighted by Crippen LogP contribution is -2.54. The van der Waals surface area contributed by atoms with Gasteiger partial charge in [0.1, 0.15) is 0 Å². The number of aliphatic hydroxyl groups excluding tert-OH is 1. The molecule has 0 spiro atoms. The van der Waals surface area contributed by atoms with Crippen molar-refractivity contribution in [2.75, 3.05) is 13.2 Å². The molecule has 3 N–H and O–H groups in total. The molecule has 86 valence electrons. The quantitative estimate of drug-likeness (QED) is 0.624. The van der Waals surface area contributed by atoms with E-state index in [-0.39, 0.29) is 24.1 Å². The second-order valence-corrected chi connectivity index (χ2v) is 4.78. The minimum atomic E-state index is -0.318. The summed E-state index contributed by atoms with van der Waals surface area (Å²) in [5.41, 5.74) is -0.318. The molecule has 2 rings (SSSR count). The summed E-state index contributed by atoms with van der Waals surface area (Å²) in [6.45, 7) is 1.01. The van der Waals surface area contributed by atoms with Crippen molar-refractivity contribution in [3.05, 3.63) is 0 Å². The molecule has 0 aromatic rings. The van der Waals surface area contributed by atoms with Gasteiger partial charge in [-0.25, -0.2) is 0 Å². The molecule has 1 aliphatic carbocycles. The van der Waals surface area contributed by atoms with E-state index in [1.165, 1.54) is 0 Å². The Labute approximate surface area is 90.4 Å². The van der Waals surface area contributed by atoms with Crippen molar-refractivity contribution in [3.63, 3.8) is 0 Å². The first-order valence-electron chi connectivity index (χ1n) is 5.92. The highest BCUT2D eigenvalue weighted by Gasteiger charge is 2.36. The van der Waals surface area contributed by atoms with Crippen LogP contribution < -0.4 is 10.6 Å². The molecular weight excluding hydrogens is 192 g/mol. The van der Waals surface area contributed by atoms with Crippen LogP contribution >= 0.6 is 0 Å². The first-order chi connectivity index (χ1) is 7.26. The smallest absolute Gasteiger partial charge is 0.237 e. The third kappa shape index (κ3) is 2.32. The Balaban J connectivity index is 1.91. The largest absolute Gasteiger partial charge is 0.394 e. The summed E-state index contributed by atoms with van der Waals surface area (Å²) in [7, 11) is 0. The fraction of sp³-hybridized carbons (Fsp3) is 0.909. The van der Waals surface area contributed by atoms with Gasteiger partial charge in [0, 0.05) is 0 Å². The number of amides is 1. The number of hydrogen-bond acceptors (Lipinski definition) is 3. The maximum absolute atomic E-state index is 11.9. The molecule has 0 unspecified atom stereocenters. The third-order valence-electron chi connectivity index (χ3n) is 3.63. The van der Waals surface area contributed by atoms with Crippen LogP contribution in [0.5, 0.6) is 0 Å². The Hall–Kier alpha value is -0.610. The second-order valence-electron chi connectivity index (χ2n) is 4.78. The highest BCUT2D eigenvalue weighted by atomic mass is 16.3. The van der Waals surface area contributed by atoms with Crippen molar-refractivity contribution < 1.29 is 9.90 Å². The molecule has 1 saturated carbocycles. The van der Waals surface area contributed by atoms with E-state index in [4.69, 9.17) is 0 Å². The second kappa shape index (κ2) is 4.49. The summed E-state index contributed by atoms with van der Waals surface area (Å²) >= 11 is 0. The van der Waals surface area contributed by atoms with Crippen molar-refractivity contribution in [1.29, 1.82) is 0 Å². The lowest BCUT2D eigenvalue weighted by molar-refractivity contribution is -0.125. The van der Waals surface area contributed by atoms with Gasteiger partial charge in [0.25, 0.3) is 0 Å². The minimum absolute atomic E-state index is 0.0333. The lowest BCUT2D eigenvalue weighted by Gasteiger charge is -2.29. The molecule has 1 aliphatic heterocycles. The van der Waals surface area contributed by atoms with Crippen LogP contribution in [-0.4, -0.2) is 35.7 Å². The molecule has 2 fully saturated rings. The molecule has 1 atom stereocenters. The number of carbonyl (C=O) groups is 1. The van der Waals surface area contributed by atoms with E-state index in [9.17, 15) is 9.90 Å². The number of rotatable bonds is 3. The van der Waals surface area contributed by atoms with E-state index >= 15 is 0 Å². The van der Waals surface area contributed by atoms with Crippen LogP contribution in [0.2, 0.25) is 0 Å². The Morgan fingerprint density at radius 2 is 2.13 bits per heavy atom. The van der Waals surface area contributed by atoms with Gasteiger partial charge in [-0.1, -0.05) is 12.8 Å². The summed E-state index contributed by atoms with van der Waals surface area (Å²) in [5.74, 6) is 0.0726. The monoisotopic (exact) mass is 212 g/mol. The van der Waals surface area contributed by atoms with Crippen LogP contribution in [0.25, 0.3) is 0 Å². The topological polar surface area (TPSA) is 61.4 Å². The standard InChI is InChI=1S/C11H20N2O2/c14-8-11(5-1-2-6-11)13-10(15)9-4-3-7-12-9/h9,12,14H,1-8H2,(H,13,15)/t9-/m1/s1. The molecule has 0 aromatic heterocycles. The van der Waals surface area contributed by atoms with Crippen molar-refractivity contribution in [2.45, 2.75) is 50.1 Å². The van der Waals surface area contributed by atoms with Crippen LogP contribution in [0.15, 0.2) is 0 Å². The van der Waals surface area contributed by atoms with Crippen LogP contribution in [-0.2, 0) is 4.79 Å². The maximum Gasteiger partial charge on any atom is 0.237 e. The van der Waals surface area contributed by atoms with Crippen LogP contribution in [0, 0.1) is 0 Å². The summed E-state index contributed by atoms with van der Waals surface area (Å²) in [5, 5.41) is 15.6. The fourth-order valence-corrected chi connectivity index (χ4v) is 2.63. The van der Waals surface area contributed by atoms with E-state index in [0.717, 1.165) is 45.1 Å². The van der Waals surface area contributed by atoms with Gasteiger partial charge < -0.3 is 15.7 Å². The highest BCUT2D eigenvalue weighted by molar-refractivity contribution is 5.82. The predicted molar refractivity (Wildman–Crippen MR) is 57.5 cm³/mol. The molecule has 4 nitrogen and oxygen atoms in total. The van der Waals surface area contributed by atoms with Gasteiger partial charge in [-0.05, 0) is 32.2 Å². The normalized spacial score (nSPS) is 29.3. The average Bonchev–Trinajstić information content (AvgIpc) is 2.88. The van der Waals surface area contributed by atoms with Crippen LogP contribution in [0.3, 0.4) is 0 Å². The van der Waals surface area contributed by atoms with E-state index in [1.54, 1.807) is 0 Å². The van der Waals surface area contributed by atoms with Gasteiger partial charge in [-0.3, -0.25) is 4.79 Å². The Morgan fingerprint density at radius 3 is 2.67 bits per heavy atom. The van der Waals surface area contributed by atoms with Crippen LogP contribution in [0.4, 0.5) is 0 Å². The van der Waals surface area contributed by atoms with Crippen LogP contribution in [0.1, 0.15) is 38.5 Å². The van der Waals surface area contributed by atoms with E-state index < -0.39 is 0 Å². The Morgan fingerprint density at radius 1 is 1.40 bits per heavy atom. The fourth-order valence-electron chi connectivity index (χ4n) is 2.63. The van der Waals surface area contributed by atoms with Gasteiger partial charge in [-0.15, -0.1) is 0 Å². The highest BCUT2D eigenvalue weighted by Crippen LogP contribution is 2.29. The Bertz CT molecular complexity index is 231. The molecule has 0 bridgehead atoms. The SMILES string of the molecule is O=C(NC1(CO)CCCC1)[C@H]1CCCN1. The van der Waals surface area contributed by atoms with Gasteiger partial charge in [0.2, 0.25) is 5.91 Å². The minimum Gasteiger partial charge on any atom is -0.394 e. The third-order valence-corrected chi connectivity index (χ3v) is 3.63. The number of nitrogens with one attached hydrogen (secondary N) is 2. The van der Waals surface area contributed by atoms with Crippen molar-refractivity contribution in [3.8, 4) is 0 Å². The zero-order chi connectivity index (χ0) is 10.7. The molecule has 1 saturated heterocycles. The van der Waals surface area contributed by atoms with Crippen molar-refractivity contribution >= 4 is 5.91 Å². The van der Waals surface area contributed by atoms with Gasteiger partial charge >= 0.3 is 0 Å². The number of hydrogen-bond donors (Lipinski definition) is 3. The van der Waals surface area contributed by atoms with E-state index in [2.05, 4.69) is 10.6 Å². The predicted octanol–water partition coefficient (Wildman–Crippen LogP) is 0.160. The van der Waals surface area contributed by atoms with E-state index in [1.807, 2.05) is 0 Å².